The number of fused-ring (bicyclic) bond motifs is 1. The number of halogens is 1. The lowest BCUT2D eigenvalue weighted by Gasteiger charge is -2.21. The first-order valence-electron chi connectivity index (χ1n) is 7.99. The predicted octanol–water partition coefficient (Wildman–Crippen LogP) is 3.51. The molecule has 0 spiro atoms. The highest BCUT2D eigenvalue weighted by Crippen LogP contribution is 2.32. The van der Waals surface area contributed by atoms with Gasteiger partial charge in [-0.05, 0) is 18.2 Å². The summed E-state index contributed by atoms with van der Waals surface area (Å²) in [7, 11) is 3.11. The van der Waals surface area contributed by atoms with Gasteiger partial charge in [0, 0.05) is 27.8 Å². The average Bonchev–Trinajstić information content (AvgIpc) is 2.66. The summed E-state index contributed by atoms with van der Waals surface area (Å²) in [5.74, 6) is 1.51. The van der Waals surface area contributed by atoms with E-state index in [1.165, 1.54) is 0 Å². The molecule has 0 saturated heterocycles. The molecule has 1 aliphatic heterocycles. The number of methoxy groups -OCH3 is 2. The zero-order valence-corrected chi connectivity index (χ0v) is 15.3. The van der Waals surface area contributed by atoms with Crippen LogP contribution in [-0.2, 0) is 33.9 Å². The molecule has 2 aromatic rings. The van der Waals surface area contributed by atoms with E-state index in [0.717, 1.165) is 11.1 Å². The summed E-state index contributed by atoms with van der Waals surface area (Å²) in [6.07, 6.45) is 0.0832. The van der Waals surface area contributed by atoms with Crippen molar-refractivity contribution in [2.45, 2.75) is 19.6 Å². The standard InChI is InChI=1S/C19H19ClO6/c1-22-16-4-3-12(17(8-16)23-2)7-18(21)25-10-14-6-15(20)5-13-9-24-11-26-19(13)14/h3-6,8H,7,9-11H2,1-2H3. The summed E-state index contributed by atoms with van der Waals surface area (Å²) in [6, 6.07) is 8.79. The Morgan fingerprint density at radius 3 is 2.77 bits per heavy atom. The predicted molar refractivity (Wildman–Crippen MR) is 94.8 cm³/mol. The van der Waals surface area contributed by atoms with Crippen LogP contribution in [0.15, 0.2) is 30.3 Å². The normalized spacial score (nSPS) is 12.7. The summed E-state index contributed by atoms with van der Waals surface area (Å²) in [4.78, 5) is 12.3. The van der Waals surface area contributed by atoms with Crippen LogP contribution in [0.5, 0.6) is 17.2 Å². The molecule has 0 aromatic heterocycles. The lowest BCUT2D eigenvalue weighted by molar-refractivity contribution is -0.144. The van der Waals surface area contributed by atoms with E-state index < -0.39 is 0 Å². The Hall–Kier alpha value is -2.44. The van der Waals surface area contributed by atoms with Crippen LogP contribution in [-0.4, -0.2) is 27.0 Å². The Kier molecular flexibility index (Phi) is 5.85. The van der Waals surface area contributed by atoms with Crippen LogP contribution in [0.3, 0.4) is 0 Å². The zero-order valence-electron chi connectivity index (χ0n) is 14.5. The van der Waals surface area contributed by atoms with E-state index in [2.05, 4.69) is 0 Å². The minimum atomic E-state index is -0.380. The van der Waals surface area contributed by atoms with Crippen LogP contribution in [0.4, 0.5) is 0 Å². The lowest BCUT2D eigenvalue weighted by atomic mass is 10.1. The Labute approximate surface area is 156 Å². The smallest absolute Gasteiger partial charge is 0.310 e. The molecule has 0 atom stereocenters. The Morgan fingerprint density at radius 1 is 1.15 bits per heavy atom. The summed E-state index contributed by atoms with van der Waals surface area (Å²) >= 11 is 6.12. The Balaban J connectivity index is 1.68. The molecule has 138 valence electrons. The molecule has 3 rings (SSSR count). The average molecular weight is 379 g/mol. The van der Waals surface area contributed by atoms with E-state index in [0.29, 0.717) is 34.4 Å². The van der Waals surface area contributed by atoms with Crippen molar-refractivity contribution < 1.29 is 28.5 Å². The second-order valence-electron chi connectivity index (χ2n) is 5.68. The van der Waals surface area contributed by atoms with Crippen molar-refractivity contribution in [3.05, 3.63) is 52.0 Å². The first kappa shape index (κ1) is 18.4. The van der Waals surface area contributed by atoms with Gasteiger partial charge in [-0.25, -0.2) is 0 Å². The molecular weight excluding hydrogens is 360 g/mol. The minimum Gasteiger partial charge on any atom is -0.497 e. The van der Waals surface area contributed by atoms with Gasteiger partial charge in [0.15, 0.2) is 6.79 Å². The molecule has 0 radical (unpaired) electrons. The molecule has 0 saturated carbocycles. The highest BCUT2D eigenvalue weighted by atomic mass is 35.5. The maximum atomic E-state index is 12.3. The van der Waals surface area contributed by atoms with E-state index in [4.69, 9.17) is 35.3 Å². The third-order valence-corrected chi connectivity index (χ3v) is 4.19. The number of carbonyl (C=O) groups is 1. The largest absolute Gasteiger partial charge is 0.497 e. The Morgan fingerprint density at radius 2 is 2.00 bits per heavy atom. The van der Waals surface area contributed by atoms with Crippen molar-refractivity contribution in [3.63, 3.8) is 0 Å². The number of rotatable bonds is 6. The van der Waals surface area contributed by atoms with Gasteiger partial charge in [0.05, 0.1) is 27.2 Å². The first-order valence-corrected chi connectivity index (χ1v) is 8.37. The maximum Gasteiger partial charge on any atom is 0.310 e. The number of ether oxygens (including phenoxy) is 5. The fraction of sp³-hybridized carbons (Fsp3) is 0.316. The molecule has 0 fully saturated rings. The fourth-order valence-corrected chi connectivity index (χ4v) is 2.99. The van der Waals surface area contributed by atoms with Crippen molar-refractivity contribution in [1.82, 2.24) is 0 Å². The second kappa shape index (κ2) is 8.29. The van der Waals surface area contributed by atoms with Gasteiger partial charge in [0.2, 0.25) is 0 Å². The molecule has 0 bridgehead atoms. The van der Waals surface area contributed by atoms with E-state index in [-0.39, 0.29) is 25.8 Å². The molecule has 1 heterocycles. The molecule has 0 N–H and O–H groups in total. The number of esters is 1. The minimum absolute atomic E-state index is 0.0696. The van der Waals surface area contributed by atoms with Crippen LogP contribution in [0.2, 0.25) is 5.02 Å². The quantitative estimate of drug-likeness (QED) is 0.717. The molecule has 7 heteroatoms. The SMILES string of the molecule is COc1ccc(CC(=O)OCc2cc(Cl)cc3c2OCOC3)c(OC)c1. The van der Waals surface area contributed by atoms with Crippen LogP contribution >= 0.6 is 11.6 Å². The summed E-state index contributed by atoms with van der Waals surface area (Å²) in [5, 5.41) is 0.542. The molecule has 2 aromatic carbocycles. The fourth-order valence-electron chi connectivity index (χ4n) is 2.73. The highest BCUT2D eigenvalue weighted by Gasteiger charge is 2.18. The third-order valence-electron chi connectivity index (χ3n) is 3.97. The van der Waals surface area contributed by atoms with Crippen molar-refractivity contribution >= 4 is 17.6 Å². The number of hydrogen-bond acceptors (Lipinski definition) is 6. The monoisotopic (exact) mass is 378 g/mol. The van der Waals surface area contributed by atoms with Gasteiger partial charge in [0.1, 0.15) is 23.9 Å². The number of benzene rings is 2. The summed E-state index contributed by atoms with van der Waals surface area (Å²) in [5.41, 5.74) is 2.27. The molecule has 0 amide bonds. The van der Waals surface area contributed by atoms with Crippen LogP contribution < -0.4 is 14.2 Å². The first-order chi connectivity index (χ1) is 12.6. The van der Waals surface area contributed by atoms with Gasteiger partial charge in [-0.15, -0.1) is 0 Å². The summed E-state index contributed by atoms with van der Waals surface area (Å²) < 4.78 is 26.6. The van der Waals surface area contributed by atoms with Gasteiger partial charge < -0.3 is 23.7 Å². The van der Waals surface area contributed by atoms with Gasteiger partial charge in [-0.2, -0.15) is 0 Å². The second-order valence-corrected chi connectivity index (χ2v) is 6.12. The molecule has 6 nitrogen and oxygen atoms in total. The molecule has 0 unspecified atom stereocenters. The van der Waals surface area contributed by atoms with Gasteiger partial charge in [0.25, 0.3) is 0 Å². The van der Waals surface area contributed by atoms with E-state index in [1.54, 1.807) is 44.6 Å². The number of hydrogen-bond donors (Lipinski definition) is 0. The van der Waals surface area contributed by atoms with E-state index >= 15 is 0 Å². The Bertz CT molecular complexity index is 805. The molecule has 1 aliphatic rings. The molecule has 26 heavy (non-hydrogen) atoms. The molecule has 0 aliphatic carbocycles. The van der Waals surface area contributed by atoms with E-state index in [9.17, 15) is 4.79 Å². The lowest BCUT2D eigenvalue weighted by Crippen LogP contribution is -2.15. The van der Waals surface area contributed by atoms with Gasteiger partial charge >= 0.3 is 5.97 Å². The van der Waals surface area contributed by atoms with Crippen LogP contribution in [0.1, 0.15) is 16.7 Å². The van der Waals surface area contributed by atoms with Crippen molar-refractivity contribution in [3.8, 4) is 17.2 Å². The number of carbonyl (C=O) groups excluding carboxylic acids is 1. The highest BCUT2D eigenvalue weighted by molar-refractivity contribution is 6.30. The molecular formula is C19H19ClO6. The van der Waals surface area contributed by atoms with Crippen molar-refractivity contribution in [2.24, 2.45) is 0 Å². The third kappa shape index (κ3) is 4.20. The van der Waals surface area contributed by atoms with Crippen LogP contribution in [0, 0.1) is 0 Å². The van der Waals surface area contributed by atoms with Gasteiger partial charge in [-0.3, -0.25) is 4.79 Å². The summed E-state index contributed by atoms with van der Waals surface area (Å²) in [6.45, 7) is 0.651. The zero-order chi connectivity index (χ0) is 18.5. The van der Waals surface area contributed by atoms with Gasteiger partial charge in [-0.1, -0.05) is 17.7 Å². The van der Waals surface area contributed by atoms with Crippen molar-refractivity contribution in [1.29, 1.82) is 0 Å². The maximum absolute atomic E-state index is 12.3. The van der Waals surface area contributed by atoms with Crippen LogP contribution in [0.25, 0.3) is 0 Å². The van der Waals surface area contributed by atoms with E-state index in [1.807, 2.05) is 0 Å². The van der Waals surface area contributed by atoms with Crippen molar-refractivity contribution in [2.75, 3.05) is 21.0 Å². The topological polar surface area (TPSA) is 63.2 Å².